The van der Waals surface area contributed by atoms with Crippen LogP contribution in [-0.2, 0) is 32.1 Å². The molecular formula is C42H50N6O6. The van der Waals surface area contributed by atoms with E-state index < -0.39 is 42.6 Å². The average molecular weight is 735 g/mol. The summed E-state index contributed by atoms with van der Waals surface area (Å²) in [4.78, 5) is 45.6. The van der Waals surface area contributed by atoms with Crippen molar-refractivity contribution in [2.24, 2.45) is 17.6 Å². The van der Waals surface area contributed by atoms with Gasteiger partial charge in [-0.05, 0) is 95.9 Å². The van der Waals surface area contributed by atoms with Crippen molar-refractivity contribution in [3.63, 3.8) is 0 Å². The van der Waals surface area contributed by atoms with E-state index >= 15 is 0 Å². The molecule has 2 amide bonds. The van der Waals surface area contributed by atoms with Gasteiger partial charge in [0.2, 0.25) is 0 Å². The quantitative estimate of drug-likeness (QED) is 0.0977. The number of rotatable bonds is 15. The molecule has 2 aliphatic rings. The van der Waals surface area contributed by atoms with E-state index in [0.29, 0.717) is 5.69 Å². The molecule has 3 aromatic carbocycles. The minimum atomic E-state index is -1.54. The molecule has 1 aromatic heterocycles. The van der Waals surface area contributed by atoms with Crippen molar-refractivity contribution in [3.8, 4) is 11.1 Å². The predicted octanol–water partition coefficient (Wildman–Crippen LogP) is 4.04. The van der Waals surface area contributed by atoms with E-state index in [2.05, 4.69) is 38.0 Å². The number of fused-ring (bicyclic) bond motifs is 3. The molecule has 6 atom stereocenters. The van der Waals surface area contributed by atoms with Gasteiger partial charge in [-0.25, -0.2) is 4.79 Å². The van der Waals surface area contributed by atoms with Gasteiger partial charge >= 0.3 is 5.97 Å². The molecule has 0 bridgehead atoms. The lowest BCUT2D eigenvalue weighted by molar-refractivity contribution is -0.152. The third-order valence-corrected chi connectivity index (χ3v) is 10.2. The first-order valence-corrected chi connectivity index (χ1v) is 18.6. The number of nitrogens with zero attached hydrogens (tertiary/aromatic N) is 2. The van der Waals surface area contributed by atoms with Crippen LogP contribution >= 0.6 is 0 Å². The molecule has 6 rings (SSSR count). The summed E-state index contributed by atoms with van der Waals surface area (Å²) in [6.07, 6.45) is 3.57. The van der Waals surface area contributed by atoms with E-state index in [9.17, 15) is 24.6 Å². The molecule has 2 aliphatic heterocycles. The van der Waals surface area contributed by atoms with Crippen LogP contribution in [0.1, 0.15) is 49.4 Å². The number of carbonyl (C=O) groups is 3. The van der Waals surface area contributed by atoms with Crippen LogP contribution in [0, 0.1) is 11.8 Å². The number of esters is 1. The first-order valence-electron chi connectivity index (χ1n) is 18.6. The largest absolute Gasteiger partial charge is 0.454 e. The zero-order valence-corrected chi connectivity index (χ0v) is 30.7. The van der Waals surface area contributed by atoms with Crippen molar-refractivity contribution in [1.29, 1.82) is 0 Å². The summed E-state index contributed by atoms with van der Waals surface area (Å²) < 4.78 is 5.35. The molecule has 1 fully saturated rings. The standard InChI is InChI=1S/C42H50N6O6/c1-26(2)19-36(47-41(52)40(51)34(43)20-27-7-4-3-5-8-27)42(53)54-25-38(50)45-31-10-6-9-29(21-31)30-11-12-35-33(22-30)39-32(37(24-49)46-35)15-18-48(39)23-28-13-16-44-17-14-28/h3-14,16-17,21-22,26,32,34,36-37,39-40,46,49,51H,15,18-20,23-25,43H2,1-2H3,(H,45,50)(H,47,52)/t32-,34-,36+,37-,39-,40+/m1/s1. The molecular weight excluding hydrogens is 684 g/mol. The molecule has 284 valence electrons. The molecule has 12 nitrogen and oxygen atoms in total. The Bertz CT molecular complexity index is 1890. The summed E-state index contributed by atoms with van der Waals surface area (Å²) >= 11 is 0. The van der Waals surface area contributed by atoms with E-state index in [-0.39, 0.29) is 43.4 Å². The molecule has 12 heteroatoms. The maximum Gasteiger partial charge on any atom is 0.329 e. The molecule has 0 unspecified atom stereocenters. The Balaban J connectivity index is 1.08. The summed E-state index contributed by atoms with van der Waals surface area (Å²) in [6, 6.07) is 25.2. The van der Waals surface area contributed by atoms with Gasteiger partial charge in [0.1, 0.15) is 12.1 Å². The molecule has 4 aromatic rings. The van der Waals surface area contributed by atoms with Gasteiger partial charge in [0.25, 0.3) is 11.8 Å². The van der Waals surface area contributed by atoms with Crippen LogP contribution < -0.4 is 21.7 Å². The van der Waals surface area contributed by atoms with Crippen molar-refractivity contribution in [3.05, 3.63) is 114 Å². The molecule has 7 N–H and O–H groups in total. The number of amides is 2. The minimum absolute atomic E-state index is 0.00840. The maximum atomic E-state index is 13.1. The number of nitrogens with two attached hydrogens (primary N) is 1. The Morgan fingerprint density at radius 2 is 1.74 bits per heavy atom. The minimum Gasteiger partial charge on any atom is -0.454 e. The van der Waals surface area contributed by atoms with Gasteiger partial charge in [-0.2, -0.15) is 0 Å². The second-order valence-electron chi connectivity index (χ2n) is 14.7. The van der Waals surface area contributed by atoms with Crippen LogP contribution in [-0.4, -0.2) is 81.9 Å². The number of hydrogen-bond acceptors (Lipinski definition) is 10. The van der Waals surface area contributed by atoms with Gasteiger partial charge in [0.05, 0.1) is 12.6 Å². The van der Waals surface area contributed by atoms with Crippen molar-refractivity contribution >= 4 is 29.2 Å². The molecule has 1 saturated heterocycles. The number of carbonyl (C=O) groups excluding carboxylic acids is 3. The van der Waals surface area contributed by atoms with Crippen LogP contribution in [0.15, 0.2) is 97.3 Å². The molecule has 0 saturated carbocycles. The van der Waals surface area contributed by atoms with Crippen LogP contribution in [0.4, 0.5) is 11.4 Å². The summed E-state index contributed by atoms with van der Waals surface area (Å²) in [5.41, 5.74) is 12.8. The van der Waals surface area contributed by atoms with Gasteiger partial charge in [-0.1, -0.05) is 62.4 Å². The smallest absolute Gasteiger partial charge is 0.329 e. The fourth-order valence-electron chi connectivity index (χ4n) is 7.58. The second-order valence-corrected chi connectivity index (χ2v) is 14.7. The third-order valence-electron chi connectivity index (χ3n) is 10.2. The summed E-state index contributed by atoms with van der Waals surface area (Å²) in [5.74, 6) is -1.83. The SMILES string of the molecule is CC(C)C[C@H](NC(=O)[C@@H](O)[C@H](N)Cc1ccccc1)C(=O)OCC(=O)Nc1cccc(-c2ccc3c(c2)[C@H]2[C@H](CCN2Cc2ccncc2)[C@@H](CO)N3)c1. The van der Waals surface area contributed by atoms with Crippen LogP contribution in [0.3, 0.4) is 0 Å². The molecule has 3 heterocycles. The van der Waals surface area contributed by atoms with Crippen molar-refractivity contribution in [2.45, 2.75) is 69.9 Å². The van der Waals surface area contributed by atoms with Crippen LogP contribution in [0.25, 0.3) is 11.1 Å². The fourth-order valence-corrected chi connectivity index (χ4v) is 7.58. The number of benzene rings is 3. The third kappa shape index (κ3) is 9.50. The monoisotopic (exact) mass is 734 g/mol. The Morgan fingerprint density at radius 1 is 0.981 bits per heavy atom. The predicted molar refractivity (Wildman–Crippen MR) is 207 cm³/mol. The zero-order chi connectivity index (χ0) is 38.2. The van der Waals surface area contributed by atoms with E-state index in [0.717, 1.165) is 41.9 Å². The van der Waals surface area contributed by atoms with Gasteiger partial charge in [-0.15, -0.1) is 0 Å². The molecule has 54 heavy (non-hydrogen) atoms. The van der Waals surface area contributed by atoms with Gasteiger partial charge in [0.15, 0.2) is 6.61 Å². The van der Waals surface area contributed by atoms with E-state index in [1.807, 2.05) is 93.0 Å². The fraction of sp³-hybridized carbons (Fsp3) is 0.381. The topological polar surface area (TPSA) is 179 Å². The van der Waals surface area contributed by atoms with Crippen molar-refractivity contribution < 1.29 is 29.3 Å². The second kappa shape index (κ2) is 17.8. The van der Waals surface area contributed by atoms with Crippen LogP contribution in [0.2, 0.25) is 0 Å². The van der Waals surface area contributed by atoms with Crippen molar-refractivity contribution in [2.75, 3.05) is 30.4 Å². The number of ether oxygens (including phenoxy) is 1. The number of pyridine rings is 1. The summed E-state index contributed by atoms with van der Waals surface area (Å²) in [6.45, 7) is 4.98. The highest BCUT2D eigenvalue weighted by atomic mass is 16.5. The maximum absolute atomic E-state index is 13.1. The van der Waals surface area contributed by atoms with Crippen LogP contribution in [0.5, 0.6) is 0 Å². The Kier molecular flexibility index (Phi) is 12.7. The highest BCUT2D eigenvalue weighted by molar-refractivity contribution is 5.94. The molecule has 0 spiro atoms. The number of likely N-dealkylation sites (tertiary alicyclic amines) is 1. The number of aliphatic hydroxyl groups is 2. The number of hydrogen-bond donors (Lipinski definition) is 6. The molecule has 0 aliphatic carbocycles. The van der Waals surface area contributed by atoms with Gasteiger partial charge in [0, 0.05) is 48.3 Å². The lowest BCUT2D eigenvalue weighted by Crippen LogP contribution is -2.52. The Morgan fingerprint density at radius 3 is 2.48 bits per heavy atom. The van der Waals surface area contributed by atoms with E-state index in [1.54, 1.807) is 6.07 Å². The van der Waals surface area contributed by atoms with Crippen molar-refractivity contribution in [1.82, 2.24) is 15.2 Å². The van der Waals surface area contributed by atoms with Gasteiger partial charge < -0.3 is 36.6 Å². The highest BCUT2D eigenvalue weighted by Gasteiger charge is 2.44. The number of aliphatic hydroxyl groups excluding tert-OH is 2. The van der Waals surface area contributed by atoms with E-state index in [4.69, 9.17) is 10.5 Å². The van der Waals surface area contributed by atoms with Gasteiger partial charge in [-0.3, -0.25) is 19.5 Å². The highest BCUT2D eigenvalue weighted by Crippen LogP contribution is 2.48. The summed E-state index contributed by atoms with van der Waals surface area (Å²) in [5, 5.41) is 29.8. The number of anilines is 2. The Hall–Kier alpha value is -5.14. The van der Waals surface area contributed by atoms with E-state index in [1.165, 1.54) is 11.1 Å². The zero-order valence-electron chi connectivity index (χ0n) is 30.7. The Labute approximate surface area is 316 Å². The normalized spacial score (nSPS) is 19.5. The average Bonchev–Trinajstić information content (AvgIpc) is 3.60. The lowest BCUT2D eigenvalue weighted by Gasteiger charge is -2.39. The first kappa shape index (κ1) is 38.6. The number of aromatic nitrogens is 1. The summed E-state index contributed by atoms with van der Waals surface area (Å²) in [7, 11) is 0. The first-order chi connectivity index (χ1) is 26.1. The number of nitrogens with one attached hydrogen (secondary N) is 3. The lowest BCUT2D eigenvalue weighted by atomic mass is 9.82. The molecule has 0 radical (unpaired) electrons.